The smallest absolute Gasteiger partial charge is 0.221 e. The summed E-state index contributed by atoms with van der Waals surface area (Å²) in [4.78, 5) is 5.28. The van der Waals surface area contributed by atoms with Crippen LogP contribution in [0.5, 0.6) is 5.75 Å². The molecule has 0 aliphatic heterocycles. The maximum Gasteiger partial charge on any atom is 0.221 e. The molecule has 0 spiro atoms. The average Bonchev–Trinajstić information content (AvgIpc) is 2.91. The number of aromatic nitrogens is 2. The molecule has 1 aromatic heterocycles. The topological polar surface area (TPSA) is 76.4 Å². The van der Waals surface area contributed by atoms with Crippen LogP contribution in [0, 0.1) is 6.92 Å². The molecule has 0 atom stereocenters. The lowest BCUT2D eigenvalue weighted by atomic mass is 10.0. The molecule has 5 nitrogen and oxygen atoms in total. The van der Waals surface area contributed by atoms with Crippen molar-refractivity contribution in [3.8, 4) is 16.9 Å². The van der Waals surface area contributed by atoms with Gasteiger partial charge < -0.3 is 10.8 Å². The van der Waals surface area contributed by atoms with Gasteiger partial charge in [0.2, 0.25) is 5.95 Å². The molecule has 0 bridgehead atoms. The van der Waals surface area contributed by atoms with Gasteiger partial charge in [0.15, 0.2) is 0 Å². The highest BCUT2D eigenvalue weighted by atomic mass is 32.2. The maximum atomic E-state index is 10.3. The molecular formula is C18H18N4OS. The van der Waals surface area contributed by atoms with Crippen molar-refractivity contribution in [1.29, 1.82) is 0 Å². The summed E-state index contributed by atoms with van der Waals surface area (Å²) >= 11 is 1.70. The summed E-state index contributed by atoms with van der Waals surface area (Å²) in [5.41, 5.74) is 9.16. The normalized spacial score (nSPS) is 11.2. The summed E-state index contributed by atoms with van der Waals surface area (Å²) in [6, 6.07) is 13.7. The Morgan fingerprint density at radius 2 is 1.88 bits per heavy atom. The lowest BCUT2D eigenvalue weighted by molar-refractivity contribution is 0.474. The van der Waals surface area contributed by atoms with Gasteiger partial charge in [-0.25, -0.2) is 9.66 Å². The molecule has 0 aliphatic carbocycles. The van der Waals surface area contributed by atoms with E-state index in [1.807, 2.05) is 37.4 Å². The summed E-state index contributed by atoms with van der Waals surface area (Å²) in [6.45, 7) is 1.84. The second-order valence-electron chi connectivity index (χ2n) is 5.33. The number of imidazole rings is 1. The third kappa shape index (κ3) is 3.44. The first kappa shape index (κ1) is 16.1. The molecule has 0 fully saturated rings. The molecule has 1 heterocycles. The molecule has 3 aromatic rings. The first-order valence-electron chi connectivity index (χ1n) is 7.40. The lowest BCUT2D eigenvalue weighted by Gasteiger charge is -2.06. The Morgan fingerprint density at radius 1 is 1.17 bits per heavy atom. The predicted molar refractivity (Wildman–Crippen MR) is 99.7 cm³/mol. The van der Waals surface area contributed by atoms with Crippen LogP contribution in [0.1, 0.15) is 11.3 Å². The van der Waals surface area contributed by atoms with E-state index >= 15 is 0 Å². The third-order valence-corrected chi connectivity index (χ3v) is 4.35. The van der Waals surface area contributed by atoms with Gasteiger partial charge in [0, 0.05) is 10.5 Å². The van der Waals surface area contributed by atoms with E-state index in [1.54, 1.807) is 30.2 Å². The van der Waals surface area contributed by atoms with Crippen LogP contribution in [0.4, 0.5) is 5.95 Å². The molecule has 2 aromatic carbocycles. The highest BCUT2D eigenvalue weighted by Crippen LogP contribution is 2.27. The summed E-state index contributed by atoms with van der Waals surface area (Å²) in [6.07, 6.45) is 5.33. The zero-order valence-electron chi connectivity index (χ0n) is 13.5. The molecule has 3 rings (SSSR count). The van der Waals surface area contributed by atoms with Crippen LogP contribution in [-0.4, -0.2) is 27.2 Å². The van der Waals surface area contributed by atoms with Crippen molar-refractivity contribution in [3.05, 3.63) is 59.9 Å². The van der Waals surface area contributed by atoms with Crippen LogP contribution in [0.2, 0.25) is 0 Å². The van der Waals surface area contributed by atoms with Crippen molar-refractivity contribution in [2.45, 2.75) is 11.8 Å². The van der Waals surface area contributed by atoms with Crippen molar-refractivity contribution in [2.75, 3.05) is 12.0 Å². The Hall–Kier alpha value is -2.73. The zero-order chi connectivity index (χ0) is 17.1. The van der Waals surface area contributed by atoms with Crippen molar-refractivity contribution >= 4 is 23.9 Å². The number of anilines is 1. The number of nitrogens with zero attached hydrogens (tertiary/aromatic N) is 3. The molecule has 0 radical (unpaired) electrons. The Kier molecular flexibility index (Phi) is 4.57. The third-order valence-electron chi connectivity index (χ3n) is 3.61. The zero-order valence-corrected chi connectivity index (χ0v) is 14.3. The van der Waals surface area contributed by atoms with Gasteiger partial charge in [-0.15, -0.1) is 11.8 Å². The van der Waals surface area contributed by atoms with E-state index in [0.29, 0.717) is 11.5 Å². The number of aryl methyl sites for hydroxylation is 1. The molecular weight excluding hydrogens is 320 g/mol. The minimum Gasteiger partial charge on any atom is -0.507 e. The molecule has 0 saturated carbocycles. The molecule has 6 heteroatoms. The van der Waals surface area contributed by atoms with Crippen molar-refractivity contribution in [3.63, 3.8) is 0 Å². The Morgan fingerprint density at radius 3 is 2.46 bits per heavy atom. The molecule has 122 valence electrons. The van der Waals surface area contributed by atoms with Gasteiger partial charge in [-0.2, -0.15) is 5.10 Å². The quantitative estimate of drug-likeness (QED) is 0.561. The van der Waals surface area contributed by atoms with Crippen molar-refractivity contribution < 1.29 is 5.11 Å². The molecule has 0 aliphatic rings. The lowest BCUT2D eigenvalue weighted by Crippen LogP contribution is -1.97. The van der Waals surface area contributed by atoms with E-state index in [4.69, 9.17) is 5.73 Å². The largest absolute Gasteiger partial charge is 0.507 e. The number of rotatable bonds is 4. The van der Waals surface area contributed by atoms with E-state index in [0.717, 1.165) is 16.8 Å². The maximum absolute atomic E-state index is 10.3. The number of thioether (sulfide) groups is 1. The molecule has 0 unspecified atom stereocenters. The number of nitrogen functional groups attached to an aromatic ring is 1. The fraction of sp³-hybridized carbons (Fsp3) is 0.111. The highest BCUT2D eigenvalue weighted by molar-refractivity contribution is 7.98. The van der Waals surface area contributed by atoms with Crippen LogP contribution < -0.4 is 5.73 Å². The standard InChI is InChI=1S/C18H18N4OS/c1-12-11-22(18(19)21-12)20-10-15-4-3-14(9-17(15)23)13-5-7-16(24-2)8-6-13/h3-11,23H,1-2H3,(H2,19,21). The predicted octanol–water partition coefficient (Wildman–Crippen LogP) is 3.75. The molecule has 24 heavy (non-hydrogen) atoms. The van der Waals surface area contributed by atoms with Gasteiger partial charge in [0.1, 0.15) is 5.75 Å². The van der Waals surface area contributed by atoms with Gasteiger partial charge in [-0.3, -0.25) is 0 Å². The van der Waals surface area contributed by atoms with E-state index in [-0.39, 0.29) is 5.75 Å². The first-order chi connectivity index (χ1) is 11.6. The van der Waals surface area contributed by atoms with Crippen LogP contribution in [0.3, 0.4) is 0 Å². The number of phenolic OH excluding ortho intramolecular Hbond substituents is 1. The first-order valence-corrected chi connectivity index (χ1v) is 8.62. The van der Waals surface area contributed by atoms with Gasteiger partial charge >= 0.3 is 0 Å². The van der Waals surface area contributed by atoms with Gasteiger partial charge in [0.05, 0.1) is 18.1 Å². The van der Waals surface area contributed by atoms with Gasteiger partial charge in [-0.1, -0.05) is 18.2 Å². The Bertz CT molecular complexity index is 885. The number of hydrogen-bond acceptors (Lipinski definition) is 5. The number of nitrogens with two attached hydrogens (primary N) is 1. The second kappa shape index (κ2) is 6.80. The SMILES string of the molecule is CSc1ccc(-c2ccc(C=Nn3cc(C)nc3N)c(O)c2)cc1. The molecule has 0 saturated heterocycles. The summed E-state index contributed by atoms with van der Waals surface area (Å²) < 4.78 is 1.48. The monoisotopic (exact) mass is 338 g/mol. The second-order valence-corrected chi connectivity index (χ2v) is 6.21. The van der Waals surface area contributed by atoms with Crippen LogP contribution in [0.15, 0.2) is 58.7 Å². The summed E-state index contributed by atoms with van der Waals surface area (Å²) in [7, 11) is 0. The van der Waals surface area contributed by atoms with E-state index in [9.17, 15) is 5.11 Å². The molecule has 3 N–H and O–H groups in total. The Balaban J connectivity index is 1.85. The minimum atomic E-state index is 0.167. The fourth-order valence-corrected chi connectivity index (χ4v) is 2.74. The minimum absolute atomic E-state index is 0.167. The van der Waals surface area contributed by atoms with Crippen LogP contribution >= 0.6 is 11.8 Å². The van der Waals surface area contributed by atoms with Crippen molar-refractivity contribution in [1.82, 2.24) is 9.66 Å². The van der Waals surface area contributed by atoms with Crippen molar-refractivity contribution in [2.24, 2.45) is 5.10 Å². The molecule has 0 amide bonds. The van der Waals surface area contributed by atoms with E-state index in [1.165, 1.54) is 9.57 Å². The van der Waals surface area contributed by atoms with E-state index in [2.05, 4.69) is 22.2 Å². The average molecular weight is 338 g/mol. The summed E-state index contributed by atoms with van der Waals surface area (Å²) in [5, 5.41) is 14.5. The number of phenols is 1. The highest BCUT2D eigenvalue weighted by Gasteiger charge is 2.04. The van der Waals surface area contributed by atoms with Gasteiger partial charge in [0.25, 0.3) is 0 Å². The van der Waals surface area contributed by atoms with Crippen LogP contribution in [-0.2, 0) is 0 Å². The van der Waals surface area contributed by atoms with Gasteiger partial charge in [-0.05, 0) is 48.6 Å². The fourth-order valence-electron chi connectivity index (χ4n) is 2.34. The number of aromatic hydroxyl groups is 1. The summed E-state index contributed by atoms with van der Waals surface area (Å²) in [5.74, 6) is 0.481. The van der Waals surface area contributed by atoms with E-state index < -0.39 is 0 Å². The number of hydrogen-bond donors (Lipinski definition) is 2. The van der Waals surface area contributed by atoms with Crippen LogP contribution in [0.25, 0.3) is 11.1 Å². The number of benzene rings is 2. The Labute approximate surface area is 144 Å².